The zero-order valence-electron chi connectivity index (χ0n) is 18.1. The lowest BCUT2D eigenvalue weighted by atomic mass is 9.95. The maximum Gasteiger partial charge on any atom is 0.258 e. The summed E-state index contributed by atoms with van der Waals surface area (Å²) in [5.41, 5.74) is 2.86. The summed E-state index contributed by atoms with van der Waals surface area (Å²) in [6.45, 7) is 0.556. The van der Waals surface area contributed by atoms with Crippen LogP contribution in [-0.4, -0.2) is 41.7 Å². The third-order valence-corrected chi connectivity index (χ3v) is 5.90. The minimum absolute atomic E-state index is 0.0525. The summed E-state index contributed by atoms with van der Waals surface area (Å²) in [6.07, 6.45) is 3.55. The van der Waals surface area contributed by atoms with Crippen LogP contribution in [0.15, 0.2) is 54.9 Å². The first kappa shape index (κ1) is 23.0. The van der Waals surface area contributed by atoms with E-state index in [0.717, 1.165) is 5.56 Å². The lowest BCUT2D eigenvalue weighted by Gasteiger charge is -2.14. The second-order valence-electron chi connectivity index (χ2n) is 7.34. The summed E-state index contributed by atoms with van der Waals surface area (Å²) >= 11 is 12.3. The number of halogens is 2. The van der Waals surface area contributed by atoms with Crippen molar-refractivity contribution in [2.75, 3.05) is 26.1 Å². The van der Waals surface area contributed by atoms with Gasteiger partial charge in [-0.1, -0.05) is 53.5 Å². The van der Waals surface area contributed by atoms with Crippen LogP contribution in [0.4, 0.5) is 5.69 Å². The summed E-state index contributed by atoms with van der Waals surface area (Å²) in [7, 11) is 3.24. The summed E-state index contributed by atoms with van der Waals surface area (Å²) in [4.78, 5) is 25.3. The van der Waals surface area contributed by atoms with Crippen LogP contribution in [0.25, 0.3) is 11.0 Å². The van der Waals surface area contributed by atoms with Crippen LogP contribution in [0.5, 0.6) is 5.75 Å². The van der Waals surface area contributed by atoms with Gasteiger partial charge in [-0.15, -0.1) is 0 Å². The standard InChI is InChI=1S/C24H22Cl2N4O3/c1-32-11-10-15(14-6-4-3-5-7-14)23-28-20-16(8-9-19(33-2)22(20)29-23)24(31)30-21-17(25)12-27-13-18(21)26/h3-9,12-13,15H,10-11H2,1-2H3,(H,28,29)(H,27,30,31). The molecule has 7 nitrogen and oxygen atoms in total. The molecule has 0 saturated heterocycles. The van der Waals surface area contributed by atoms with Crippen LogP contribution in [0.1, 0.15) is 34.1 Å². The molecule has 170 valence electrons. The molecule has 2 aromatic carbocycles. The lowest BCUT2D eigenvalue weighted by Crippen LogP contribution is -2.13. The van der Waals surface area contributed by atoms with E-state index in [4.69, 9.17) is 37.7 Å². The molecule has 2 aromatic heterocycles. The normalized spacial score (nSPS) is 12.0. The number of ether oxygens (including phenoxy) is 2. The highest BCUT2D eigenvalue weighted by atomic mass is 35.5. The predicted molar refractivity (Wildman–Crippen MR) is 130 cm³/mol. The number of fused-ring (bicyclic) bond motifs is 1. The number of rotatable bonds is 8. The smallest absolute Gasteiger partial charge is 0.258 e. The summed E-state index contributed by atoms with van der Waals surface area (Å²) in [5.74, 6) is 0.845. The molecule has 0 aliphatic carbocycles. The molecular formula is C24H22Cl2N4O3. The second-order valence-corrected chi connectivity index (χ2v) is 8.15. The minimum Gasteiger partial charge on any atom is -0.494 e. The van der Waals surface area contributed by atoms with Gasteiger partial charge in [0, 0.05) is 32.0 Å². The maximum absolute atomic E-state index is 13.2. The molecule has 4 rings (SSSR count). The number of hydrogen-bond donors (Lipinski definition) is 2. The molecule has 0 aliphatic rings. The van der Waals surface area contributed by atoms with Crippen molar-refractivity contribution in [2.45, 2.75) is 12.3 Å². The Hall–Kier alpha value is -3.13. The number of nitrogens with one attached hydrogen (secondary N) is 2. The number of methoxy groups -OCH3 is 2. The van der Waals surface area contributed by atoms with Gasteiger partial charge < -0.3 is 19.8 Å². The van der Waals surface area contributed by atoms with Crippen molar-refractivity contribution >= 4 is 45.8 Å². The van der Waals surface area contributed by atoms with Crippen LogP contribution in [0.3, 0.4) is 0 Å². The average molecular weight is 485 g/mol. The number of imidazole rings is 1. The number of carbonyl (C=O) groups is 1. The fourth-order valence-electron chi connectivity index (χ4n) is 3.70. The zero-order valence-corrected chi connectivity index (χ0v) is 19.6. The highest BCUT2D eigenvalue weighted by Gasteiger charge is 2.23. The third-order valence-electron chi connectivity index (χ3n) is 5.32. The molecule has 0 aliphatic heterocycles. The van der Waals surface area contributed by atoms with E-state index in [1.165, 1.54) is 12.4 Å². The van der Waals surface area contributed by atoms with Crippen LogP contribution in [0.2, 0.25) is 10.0 Å². The molecule has 4 aromatic rings. The average Bonchev–Trinajstić information content (AvgIpc) is 3.27. The van der Waals surface area contributed by atoms with Crippen molar-refractivity contribution in [1.29, 1.82) is 0 Å². The topological polar surface area (TPSA) is 89.1 Å². The third kappa shape index (κ3) is 4.80. The highest BCUT2D eigenvalue weighted by Crippen LogP contribution is 2.34. The van der Waals surface area contributed by atoms with E-state index in [9.17, 15) is 4.79 Å². The minimum atomic E-state index is -0.399. The molecule has 0 spiro atoms. The fraction of sp³-hybridized carbons (Fsp3) is 0.208. The predicted octanol–water partition coefficient (Wildman–Crippen LogP) is 5.69. The van der Waals surface area contributed by atoms with Crippen molar-refractivity contribution in [3.05, 3.63) is 81.9 Å². The Balaban J connectivity index is 1.78. The number of H-pyrrole nitrogens is 1. The molecule has 1 atom stereocenters. The van der Waals surface area contributed by atoms with E-state index in [-0.39, 0.29) is 16.0 Å². The Morgan fingerprint density at radius 2 is 1.82 bits per heavy atom. The molecule has 0 radical (unpaired) electrons. The van der Waals surface area contributed by atoms with Crippen LogP contribution >= 0.6 is 23.2 Å². The Bertz CT molecular complexity index is 1260. The van der Waals surface area contributed by atoms with E-state index in [1.807, 2.05) is 30.3 Å². The SMILES string of the molecule is COCCC(c1ccccc1)c1nc2c(C(=O)Nc3c(Cl)cncc3Cl)ccc(OC)c2[nH]1. The molecule has 1 amide bonds. The first-order valence-corrected chi connectivity index (χ1v) is 11.0. The van der Waals surface area contributed by atoms with Gasteiger partial charge in [-0.25, -0.2) is 4.98 Å². The number of aromatic amines is 1. The van der Waals surface area contributed by atoms with Gasteiger partial charge in [0.1, 0.15) is 22.6 Å². The highest BCUT2D eigenvalue weighted by molar-refractivity contribution is 6.39. The Morgan fingerprint density at radius 3 is 2.48 bits per heavy atom. The van der Waals surface area contributed by atoms with E-state index in [2.05, 4.69) is 15.3 Å². The van der Waals surface area contributed by atoms with Gasteiger partial charge in [0.05, 0.1) is 28.4 Å². The molecule has 0 saturated carbocycles. The van der Waals surface area contributed by atoms with Gasteiger partial charge in [0.2, 0.25) is 0 Å². The van der Waals surface area contributed by atoms with Crippen molar-refractivity contribution in [3.8, 4) is 5.75 Å². The molecule has 33 heavy (non-hydrogen) atoms. The van der Waals surface area contributed by atoms with E-state index >= 15 is 0 Å². The lowest BCUT2D eigenvalue weighted by molar-refractivity contribution is 0.102. The summed E-state index contributed by atoms with van der Waals surface area (Å²) < 4.78 is 10.8. The maximum atomic E-state index is 13.2. The molecule has 2 heterocycles. The molecule has 2 N–H and O–H groups in total. The fourth-order valence-corrected chi connectivity index (χ4v) is 4.16. The van der Waals surface area contributed by atoms with Crippen LogP contribution in [-0.2, 0) is 4.74 Å². The first-order valence-electron chi connectivity index (χ1n) is 10.2. The second kappa shape index (κ2) is 10.2. The van der Waals surface area contributed by atoms with Gasteiger partial charge in [0.25, 0.3) is 5.91 Å². The molecule has 9 heteroatoms. The number of pyridine rings is 1. The Morgan fingerprint density at radius 1 is 1.09 bits per heavy atom. The van der Waals surface area contributed by atoms with E-state index in [0.29, 0.717) is 46.9 Å². The number of carbonyl (C=O) groups excluding carboxylic acids is 1. The number of nitrogens with zero attached hydrogens (tertiary/aromatic N) is 2. The molecule has 0 fully saturated rings. The largest absolute Gasteiger partial charge is 0.494 e. The quantitative estimate of drug-likeness (QED) is 0.335. The van der Waals surface area contributed by atoms with Crippen molar-refractivity contribution < 1.29 is 14.3 Å². The monoisotopic (exact) mass is 484 g/mol. The van der Waals surface area contributed by atoms with Gasteiger partial charge in [-0.2, -0.15) is 0 Å². The van der Waals surface area contributed by atoms with Crippen LogP contribution < -0.4 is 10.1 Å². The van der Waals surface area contributed by atoms with E-state index in [1.54, 1.807) is 26.4 Å². The van der Waals surface area contributed by atoms with Crippen LogP contribution in [0, 0.1) is 0 Å². The molecule has 1 unspecified atom stereocenters. The molecule has 0 bridgehead atoms. The Labute approximate surface area is 201 Å². The molecular weight excluding hydrogens is 463 g/mol. The van der Waals surface area contributed by atoms with Crippen molar-refractivity contribution in [3.63, 3.8) is 0 Å². The number of benzene rings is 2. The van der Waals surface area contributed by atoms with Crippen molar-refractivity contribution in [2.24, 2.45) is 0 Å². The van der Waals surface area contributed by atoms with Gasteiger partial charge in [-0.05, 0) is 24.1 Å². The van der Waals surface area contributed by atoms with E-state index < -0.39 is 5.91 Å². The number of amides is 1. The summed E-state index contributed by atoms with van der Waals surface area (Å²) in [5, 5.41) is 3.26. The number of anilines is 1. The number of aromatic nitrogens is 3. The zero-order chi connectivity index (χ0) is 23.4. The van der Waals surface area contributed by atoms with Crippen molar-refractivity contribution in [1.82, 2.24) is 15.0 Å². The van der Waals surface area contributed by atoms with Gasteiger partial charge in [0.15, 0.2) is 0 Å². The first-order chi connectivity index (χ1) is 16.0. The summed E-state index contributed by atoms with van der Waals surface area (Å²) in [6, 6.07) is 13.4. The Kier molecular flexibility index (Phi) is 7.13. The van der Waals surface area contributed by atoms with Gasteiger partial charge >= 0.3 is 0 Å². The number of hydrogen-bond acceptors (Lipinski definition) is 5. The van der Waals surface area contributed by atoms with Gasteiger partial charge in [-0.3, -0.25) is 9.78 Å².